The molecule has 0 saturated heterocycles. The number of rotatable bonds is 7. The second-order valence-electron chi connectivity index (χ2n) is 5.91. The minimum atomic E-state index is -0.291. The summed E-state index contributed by atoms with van der Waals surface area (Å²) >= 11 is 0. The van der Waals surface area contributed by atoms with Crippen LogP contribution in [0.4, 0.5) is 16.2 Å². The van der Waals surface area contributed by atoms with E-state index < -0.39 is 0 Å². The first kappa shape index (κ1) is 18.6. The highest BCUT2D eigenvalue weighted by molar-refractivity contribution is 5.89. The third-order valence-electron chi connectivity index (χ3n) is 4.04. The van der Waals surface area contributed by atoms with Gasteiger partial charge in [-0.15, -0.1) is 0 Å². The van der Waals surface area contributed by atoms with Crippen LogP contribution in [0.2, 0.25) is 0 Å². The standard InChI is InChI=1S/C20H27N3O2/c1-5-23(6-2)18-10-8-17(9-11-18)22-20(24)21-14-25-19-12-7-15(3)13-16(19)4/h7-13H,5-6,14H2,1-4H3,(H2,21,22,24). The molecule has 0 heterocycles. The summed E-state index contributed by atoms with van der Waals surface area (Å²) in [5.74, 6) is 0.773. The Morgan fingerprint density at radius 1 is 1.04 bits per heavy atom. The maximum absolute atomic E-state index is 12.0. The van der Waals surface area contributed by atoms with E-state index in [-0.39, 0.29) is 12.8 Å². The fraction of sp³-hybridized carbons (Fsp3) is 0.350. The van der Waals surface area contributed by atoms with Gasteiger partial charge in [0.25, 0.3) is 0 Å². The van der Waals surface area contributed by atoms with Crippen molar-refractivity contribution >= 4 is 17.4 Å². The van der Waals surface area contributed by atoms with Crippen LogP contribution >= 0.6 is 0 Å². The Bertz CT molecular complexity index is 695. The molecule has 2 amide bonds. The van der Waals surface area contributed by atoms with Gasteiger partial charge in [-0.05, 0) is 63.6 Å². The van der Waals surface area contributed by atoms with Crippen molar-refractivity contribution in [1.82, 2.24) is 5.32 Å². The van der Waals surface area contributed by atoms with Gasteiger partial charge in [-0.25, -0.2) is 4.79 Å². The molecule has 0 saturated carbocycles. The van der Waals surface area contributed by atoms with Crippen LogP contribution in [-0.2, 0) is 0 Å². The van der Waals surface area contributed by atoms with Crippen LogP contribution in [-0.4, -0.2) is 25.9 Å². The van der Waals surface area contributed by atoms with Crippen molar-refractivity contribution in [2.45, 2.75) is 27.7 Å². The summed E-state index contributed by atoms with van der Waals surface area (Å²) in [6, 6.07) is 13.5. The molecule has 0 aliphatic heterocycles. The van der Waals surface area contributed by atoms with E-state index in [1.165, 1.54) is 5.56 Å². The van der Waals surface area contributed by atoms with Crippen molar-refractivity contribution in [3.05, 3.63) is 53.6 Å². The Morgan fingerprint density at radius 2 is 1.72 bits per heavy atom. The lowest BCUT2D eigenvalue weighted by molar-refractivity contribution is 0.234. The van der Waals surface area contributed by atoms with E-state index in [9.17, 15) is 4.79 Å². The van der Waals surface area contributed by atoms with Crippen LogP contribution in [0.15, 0.2) is 42.5 Å². The van der Waals surface area contributed by atoms with Crippen LogP contribution in [0.5, 0.6) is 5.75 Å². The lowest BCUT2D eigenvalue weighted by Crippen LogP contribution is -2.32. The van der Waals surface area contributed by atoms with Crippen molar-refractivity contribution in [3.63, 3.8) is 0 Å². The SMILES string of the molecule is CCN(CC)c1ccc(NC(=O)NCOc2ccc(C)cc2C)cc1. The molecule has 2 aromatic carbocycles. The molecule has 0 atom stereocenters. The topological polar surface area (TPSA) is 53.6 Å². The Kier molecular flexibility index (Phi) is 6.69. The normalized spacial score (nSPS) is 10.2. The zero-order valence-electron chi connectivity index (χ0n) is 15.4. The number of hydrogen-bond acceptors (Lipinski definition) is 3. The van der Waals surface area contributed by atoms with Crippen molar-refractivity contribution in [3.8, 4) is 5.75 Å². The van der Waals surface area contributed by atoms with Crippen LogP contribution in [0.25, 0.3) is 0 Å². The zero-order chi connectivity index (χ0) is 18.2. The van der Waals surface area contributed by atoms with E-state index in [2.05, 4.69) is 29.4 Å². The molecule has 0 aliphatic rings. The third-order valence-corrected chi connectivity index (χ3v) is 4.04. The molecule has 0 spiro atoms. The van der Waals surface area contributed by atoms with E-state index in [1.54, 1.807) is 0 Å². The zero-order valence-corrected chi connectivity index (χ0v) is 15.4. The number of benzene rings is 2. The first-order valence-corrected chi connectivity index (χ1v) is 8.63. The minimum Gasteiger partial charge on any atom is -0.473 e. The molecule has 0 aliphatic carbocycles. The van der Waals surface area contributed by atoms with Gasteiger partial charge in [0.2, 0.25) is 0 Å². The van der Waals surface area contributed by atoms with E-state index in [1.807, 2.05) is 56.3 Å². The fourth-order valence-electron chi connectivity index (χ4n) is 2.66. The predicted molar refractivity (Wildman–Crippen MR) is 104 cm³/mol. The number of hydrogen-bond donors (Lipinski definition) is 2. The maximum Gasteiger partial charge on any atom is 0.321 e. The van der Waals surface area contributed by atoms with Crippen molar-refractivity contribution in [2.24, 2.45) is 0 Å². The number of urea groups is 1. The third kappa shape index (κ3) is 5.41. The summed E-state index contributed by atoms with van der Waals surface area (Å²) in [5.41, 5.74) is 4.13. The van der Waals surface area contributed by atoms with Crippen LogP contribution in [0.1, 0.15) is 25.0 Å². The quantitative estimate of drug-likeness (QED) is 0.738. The van der Waals surface area contributed by atoms with Crippen LogP contribution in [0, 0.1) is 13.8 Å². The molecule has 0 aromatic heterocycles. The molecule has 134 valence electrons. The van der Waals surface area contributed by atoms with E-state index in [4.69, 9.17) is 4.74 Å². The number of ether oxygens (including phenoxy) is 1. The summed E-state index contributed by atoms with van der Waals surface area (Å²) in [5, 5.41) is 5.50. The molecule has 5 heteroatoms. The summed E-state index contributed by atoms with van der Waals surface area (Å²) < 4.78 is 5.60. The predicted octanol–water partition coefficient (Wildman–Crippen LogP) is 4.31. The lowest BCUT2D eigenvalue weighted by Gasteiger charge is -2.21. The van der Waals surface area contributed by atoms with E-state index in [0.717, 1.165) is 35.8 Å². The van der Waals surface area contributed by atoms with Gasteiger partial charge in [0, 0.05) is 24.5 Å². The molecule has 0 unspecified atom stereocenters. The Morgan fingerprint density at radius 3 is 2.32 bits per heavy atom. The van der Waals surface area contributed by atoms with Gasteiger partial charge in [-0.2, -0.15) is 0 Å². The van der Waals surface area contributed by atoms with Gasteiger partial charge in [-0.1, -0.05) is 17.7 Å². The maximum atomic E-state index is 12.0. The van der Waals surface area contributed by atoms with Crippen LogP contribution < -0.4 is 20.3 Å². The number of carbonyl (C=O) groups excluding carboxylic acids is 1. The number of amides is 2. The number of anilines is 2. The fourth-order valence-corrected chi connectivity index (χ4v) is 2.66. The van der Waals surface area contributed by atoms with Gasteiger partial charge >= 0.3 is 6.03 Å². The summed E-state index contributed by atoms with van der Waals surface area (Å²) in [4.78, 5) is 14.2. The number of nitrogens with zero attached hydrogens (tertiary/aromatic N) is 1. The average molecular weight is 341 g/mol. The van der Waals surface area contributed by atoms with Gasteiger partial charge in [-0.3, -0.25) is 0 Å². The Hall–Kier alpha value is -2.69. The Balaban J connectivity index is 1.82. The highest BCUT2D eigenvalue weighted by atomic mass is 16.5. The molecule has 0 radical (unpaired) electrons. The monoisotopic (exact) mass is 341 g/mol. The molecule has 0 fully saturated rings. The number of nitrogens with one attached hydrogen (secondary N) is 2. The summed E-state index contributed by atoms with van der Waals surface area (Å²) in [7, 11) is 0. The largest absolute Gasteiger partial charge is 0.473 e. The highest BCUT2D eigenvalue weighted by Gasteiger charge is 2.05. The highest BCUT2D eigenvalue weighted by Crippen LogP contribution is 2.19. The molecular weight excluding hydrogens is 314 g/mol. The second-order valence-corrected chi connectivity index (χ2v) is 5.91. The number of aryl methyl sites for hydroxylation is 2. The summed E-state index contributed by atoms with van der Waals surface area (Å²) in [6.45, 7) is 10.3. The molecular formula is C20H27N3O2. The van der Waals surface area contributed by atoms with E-state index >= 15 is 0 Å². The van der Waals surface area contributed by atoms with Crippen molar-refractivity contribution in [1.29, 1.82) is 0 Å². The molecule has 2 N–H and O–H groups in total. The van der Waals surface area contributed by atoms with Gasteiger partial charge in [0.05, 0.1) is 0 Å². The van der Waals surface area contributed by atoms with Gasteiger partial charge in [0.15, 0.2) is 6.73 Å². The smallest absolute Gasteiger partial charge is 0.321 e. The second kappa shape index (κ2) is 8.97. The summed E-state index contributed by atoms with van der Waals surface area (Å²) in [6.07, 6.45) is 0. The molecule has 5 nitrogen and oxygen atoms in total. The van der Waals surface area contributed by atoms with Crippen molar-refractivity contribution in [2.75, 3.05) is 30.0 Å². The van der Waals surface area contributed by atoms with Crippen molar-refractivity contribution < 1.29 is 9.53 Å². The first-order valence-electron chi connectivity index (χ1n) is 8.63. The van der Waals surface area contributed by atoms with Crippen LogP contribution in [0.3, 0.4) is 0 Å². The minimum absolute atomic E-state index is 0.118. The average Bonchev–Trinajstić information content (AvgIpc) is 2.59. The Labute approximate surface area is 150 Å². The first-order chi connectivity index (χ1) is 12.0. The molecule has 2 rings (SSSR count). The number of carbonyl (C=O) groups is 1. The van der Waals surface area contributed by atoms with Gasteiger partial charge < -0.3 is 20.3 Å². The molecule has 2 aromatic rings. The molecule has 0 bridgehead atoms. The van der Waals surface area contributed by atoms with E-state index in [0.29, 0.717) is 0 Å². The molecule has 25 heavy (non-hydrogen) atoms. The lowest BCUT2D eigenvalue weighted by atomic mass is 10.1. The van der Waals surface area contributed by atoms with Gasteiger partial charge in [0.1, 0.15) is 5.75 Å².